The lowest BCUT2D eigenvalue weighted by Gasteiger charge is -2.05. The Hall–Kier alpha value is -2.66. The molecule has 1 aromatic heterocycles. The van der Waals surface area contributed by atoms with Gasteiger partial charge in [0.25, 0.3) is 0 Å². The number of benzene rings is 2. The van der Waals surface area contributed by atoms with Gasteiger partial charge in [-0.1, -0.05) is 18.2 Å². The summed E-state index contributed by atoms with van der Waals surface area (Å²) in [5, 5.41) is 11.9. The topological polar surface area (TPSA) is 59.4 Å². The number of hydrogen-bond acceptors (Lipinski definition) is 4. The molecule has 0 fully saturated rings. The third kappa shape index (κ3) is 3.63. The van der Waals surface area contributed by atoms with Gasteiger partial charge in [0.05, 0.1) is 11.3 Å². The summed E-state index contributed by atoms with van der Waals surface area (Å²) in [5.41, 5.74) is 4.73. The summed E-state index contributed by atoms with van der Waals surface area (Å²) in [5.74, 6) is -0.440. The molecule has 0 aliphatic rings. The molecule has 4 nitrogen and oxygen atoms in total. The average molecular weight is 339 g/mol. The summed E-state index contributed by atoms with van der Waals surface area (Å²) >= 11 is 1.53. The van der Waals surface area contributed by atoms with Crippen LogP contribution in [0, 0.1) is 13.8 Å². The Morgan fingerprint density at radius 1 is 1.17 bits per heavy atom. The third-order valence-corrected chi connectivity index (χ3v) is 4.62. The molecule has 0 bridgehead atoms. The maximum absolute atomic E-state index is 11.0. The van der Waals surface area contributed by atoms with Crippen LogP contribution < -0.4 is 4.74 Å². The zero-order valence-corrected chi connectivity index (χ0v) is 14.3. The predicted molar refractivity (Wildman–Crippen MR) is 94.8 cm³/mol. The van der Waals surface area contributed by atoms with Crippen molar-refractivity contribution < 1.29 is 14.6 Å². The van der Waals surface area contributed by atoms with Gasteiger partial charge in [0.2, 0.25) is 0 Å². The van der Waals surface area contributed by atoms with Crippen LogP contribution in [-0.2, 0) is 6.61 Å². The van der Waals surface area contributed by atoms with Crippen LogP contribution in [0.2, 0.25) is 0 Å². The van der Waals surface area contributed by atoms with Crippen molar-refractivity contribution in [2.45, 2.75) is 20.5 Å². The molecular weight excluding hydrogens is 322 g/mol. The van der Waals surface area contributed by atoms with Gasteiger partial charge in [-0.3, -0.25) is 0 Å². The van der Waals surface area contributed by atoms with Crippen molar-refractivity contribution in [1.29, 1.82) is 0 Å². The van der Waals surface area contributed by atoms with Crippen molar-refractivity contribution in [2.24, 2.45) is 0 Å². The Bertz CT molecular complexity index is 886. The Labute approximate surface area is 144 Å². The van der Waals surface area contributed by atoms with E-state index >= 15 is 0 Å². The van der Waals surface area contributed by atoms with Gasteiger partial charge >= 0.3 is 5.97 Å². The molecule has 0 unspecified atom stereocenters. The quantitative estimate of drug-likeness (QED) is 0.732. The number of carbonyl (C=O) groups is 1. The molecule has 1 N–H and O–H groups in total. The molecule has 2 aromatic carbocycles. The Balaban J connectivity index is 1.71. The van der Waals surface area contributed by atoms with Crippen molar-refractivity contribution in [1.82, 2.24) is 4.98 Å². The molecule has 0 aliphatic heterocycles. The van der Waals surface area contributed by atoms with Gasteiger partial charge in [-0.05, 0) is 49.2 Å². The van der Waals surface area contributed by atoms with Crippen LogP contribution in [0.15, 0.2) is 47.8 Å². The van der Waals surface area contributed by atoms with E-state index in [1.54, 1.807) is 12.1 Å². The molecule has 0 atom stereocenters. The second-order valence-electron chi connectivity index (χ2n) is 5.55. The smallest absolute Gasteiger partial charge is 0.335 e. The van der Waals surface area contributed by atoms with Gasteiger partial charge in [0.15, 0.2) is 0 Å². The summed E-state index contributed by atoms with van der Waals surface area (Å²) in [4.78, 5) is 15.6. The van der Waals surface area contributed by atoms with E-state index in [0.29, 0.717) is 12.4 Å². The minimum Gasteiger partial charge on any atom is -0.486 e. The van der Waals surface area contributed by atoms with E-state index in [-0.39, 0.29) is 5.56 Å². The second-order valence-corrected chi connectivity index (χ2v) is 6.49. The van der Waals surface area contributed by atoms with Crippen LogP contribution >= 0.6 is 11.3 Å². The van der Waals surface area contributed by atoms with Crippen LogP contribution in [0.5, 0.6) is 5.75 Å². The monoisotopic (exact) mass is 339 g/mol. The zero-order chi connectivity index (χ0) is 17.1. The van der Waals surface area contributed by atoms with Gasteiger partial charge in [-0.2, -0.15) is 0 Å². The van der Waals surface area contributed by atoms with Gasteiger partial charge in [0, 0.05) is 10.9 Å². The van der Waals surface area contributed by atoms with Gasteiger partial charge in [0.1, 0.15) is 17.4 Å². The lowest BCUT2D eigenvalue weighted by Crippen LogP contribution is -1.99. The third-order valence-electron chi connectivity index (χ3n) is 3.80. The van der Waals surface area contributed by atoms with Crippen LogP contribution in [0.3, 0.4) is 0 Å². The summed E-state index contributed by atoms with van der Waals surface area (Å²) < 4.78 is 5.66. The molecule has 0 spiro atoms. The Morgan fingerprint density at radius 3 is 2.75 bits per heavy atom. The van der Waals surface area contributed by atoms with E-state index in [4.69, 9.17) is 9.84 Å². The first-order valence-corrected chi connectivity index (χ1v) is 8.39. The lowest BCUT2D eigenvalue weighted by atomic mass is 10.1. The lowest BCUT2D eigenvalue weighted by molar-refractivity contribution is 0.0696. The minimum atomic E-state index is -0.966. The van der Waals surface area contributed by atoms with E-state index in [1.165, 1.54) is 34.6 Å². The van der Waals surface area contributed by atoms with E-state index in [1.807, 2.05) is 5.38 Å². The first-order valence-electron chi connectivity index (χ1n) is 7.51. The first-order chi connectivity index (χ1) is 11.5. The fourth-order valence-corrected chi connectivity index (χ4v) is 2.99. The second kappa shape index (κ2) is 6.84. The molecule has 24 heavy (non-hydrogen) atoms. The molecule has 3 rings (SSSR count). The fraction of sp³-hybridized carbons (Fsp3) is 0.158. The summed E-state index contributed by atoms with van der Waals surface area (Å²) in [7, 11) is 0. The largest absolute Gasteiger partial charge is 0.486 e. The number of rotatable bonds is 5. The minimum absolute atomic E-state index is 0.211. The predicted octanol–water partition coefficient (Wildman–Crippen LogP) is 4.70. The molecule has 5 heteroatoms. The molecule has 0 saturated carbocycles. The normalized spacial score (nSPS) is 10.6. The number of hydrogen-bond donors (Lipinski definition) is 1. The van der Waals surface area contributed by atoms with Gasteiger partial charge in [-0.25, -0.2) is 9.78 Å². The highest BCUT2D eigenvalue weighted by Gasteiger charge is 2.08. The maximum Gasteiger partial charge on any atom is 0.335 e. The van der Waals surface area contributed by atoms with E-state index in [9.17, 15) is 4.79 Å². The Kier molecular flexibility index (Phi) is 4.62. The highest BCUT2D eigenvalue weighted by Crippen LogP contribution is 2.25. The number of aromatic nitrogens is 1. The molecule has 0 radical (unpaired) electrons. The maximum atomic E-state index is 11.0. The standard InChI is InChI=1S/C19H17NO3S/c1-12-6-7-14(8-13(12)2)17-11-24-18(20-17)10-23-16-5-3-4-15(9-16)19(21)22/h3-9,11H,10H2,1-2H3,(H,21,22). The number of carboxylic acid groups (broad SMARTS) is 1. The number of aromatic carboxylic acids is 1. The number of carboxylic acids is 1. The summed E-state index contributed by atoms with van der Waals surface area (Å²) in [6.45, 7) is 4.49. The zero-order valence-electron chi connectivity index (χ0n) is 13.4. The molecule has 1 heterocycles. The number of thiazole rings is 1. The van der Waals surface area contributed by atoms with Gasteiger partial charge in [-0.15, -0.1) is 11.3 Å². The number of ether oxygens (including phenoxy) is 1. The molecule has 122 valence electrons. The van der Waals surface area contributed by atoms with Crippen LogP contribution in [0.1, 0.15) is 26.5 Å². The van der Waals surface area contributed by atoms with E-state index in [2.05, 4.69) is 37.0 Å². The van der Waals surface area contributed by atoms with Crippen LogP contribution in [0.4, 0.5) is 0 Å². The van der Waals surface area contributed by atoms with Crippen molar-refractivity contribution in [3.8, 4) is 17.0 Å². The average Bonchev–Trinajstić information content (AvgIpc) is 3.05. The molecule has 0 saturated heterocycles. The summed E-state index contributed by atoms with van der Waals surface area (Å²) in [6.07, 6.45) is 0. The number of nitrogens with zero attached hydrogens (tertiary/aromatic N) is 1. The van der Waals surface area contributed by atoms with Crippen molar-refractivity contribution >= 4 is 17.3 Å². The highest BCUT2D eigenvalue weighted by atomic mass is 32.1. The van der Waals surface area contributed by atoms with E-state index in [0.717, 1.165) is 16.3 Å². The van der Waals surface area contributed by atoms with Crippen molar-refractivity contribution in [3.05, 3.63) is 69.5 Å². The fourth-order valence-electron chi connectivity index (χ4n) is 2.27. The van der Waals surface area contributed by atoms with Crippen LogP contribution in [-0.4, -0.2) is 16.1 Å². The molecule has 0 amide bonds. The van der Waals surface area contributed by atoms with Gasteiger partial charge < -0.3 is 9.84 Å². The van der Waals surface area contributed by atoms with Crippen LogP contribution in [0.25, 0.3) is 11.3 Å². The van der Waals surface area contributed by atoms with E-state index < -0.39 is 5.97 Å². The first kappa shape index (κ1) is 16.2. The molecule has 0 aliphatic carbocycles. The molecule has 3 aromatic rings. The molecular formula is C19H17NO3S. The summed E-state index contributed by atoms with van der Waals surface area (Å²) in [6, 6.07) is 12.8. The van der Waals surface area contributed by atoms with Crippen molar-refractivity contribution in [2.75, 3.05) is 0 Å². The Morgan fingerprint density at radius 2 is 2.00 bits per heavy atom. The number of aryl methyl sites for hydroxylation is 2. The van der Waals surface area contributed by atoms with Crippen molar-refractivity contribution in [3.63, 3.8) is 0 Å². The highest BCUT2D eigenvalue weighted by molar-refractivity contribution is 7.09. The SMILES string of the molecule is Cc1ccc(-c2csc(COc3cccc(C(=O)O)c3)n2)cc1C.